The molecule has 0 atom stereocenters. The van der Waals surface area contributed by atoms with E-state index in [0.717, 1.165) is 43.7 Å². The van der Waals surface area contributed by atoms with Crippen molar-refractivity contribution in [3.63, 3.8) is 0 Å². The van der Waals surface area contributed by atoms with Crippen LogP contribution in [0.15, 0.2) is 30.6 Å². The number of hydrogen-bond donors (Lipinski definition) is 0. The lowest BCUT2D eigenvalue weighted by atomic mass is 10.0. The highest BCUT2D eigenvalue weighted by molar-refractivity contribution is 7.17. The first-order chi connectivity index (χ1) is 14.3. The van der Waals surface area contributed by atoms with Crippen molar-refractivity contribution < 1.29 is 4.74 Å². The van der Waals surface area contributed by atoms with E-state index in [9.17, 15) is 0 Å². The zero-order valence-corrected chi connectivity index (χ0v) is 17.5. The second-order valence-electron chi connectivity index (χ2n) is 8.38. The van der Waals surface area contributed by atoms with Crippen LogP contribution in [0.3, 0.4) is 0 Å². The normalized spacial score (nSPS) is 18.3. The van der Waals surface area contributed by atoms with Gasteiger partial charge >= 0.3 is 0 Å². The molecular weight excluding hydrogens is 382 g/mol. The molecule has 7 heteroatoms. The summed E-state index contributed by atoms with van der Waals surface area (Å²) < 4.78 is 7.36. The summed E-state index contributed by atoms with van der Waals surface area (Å²) in [5.41, 5.74) is 4.11. The topological polar surface area (TPSA) is 46.4 Å². The minimum absolute atomic E-state index is 0.750. The minimum Gasteiger partial charge on any atom is -0.497 e. The predicted molar refractivity (Wildman–Crippen MR) is 114 cm³/mol. The molecule has 1 saturated carbocycles. The fourth-order valence-corrected chi connectivity index (χ4v) is 5.95. The zero-order valence-electron chi connectivity index (χ0n) is 16.7. The van der Waals surface area contributed by atoms with Gasteiger partial charge in [-0.1, -0.05) is 12.1 Å². The average molecular weight is 408 g/mol. The van der Waals surface area contributed by atoms with Gasteiger partial charge in [0.05, 0.1) is 12.7 Å². The first-order valence-corrected chi connectivity index (χ1v) is 11.2. The van der Waals surface area contributed by atoms with E-state index in [1.54, 1.807) is 13.4 Å². The number of ether oxygens (including phenoxy) is 1. The molecule has 0 unspecified atom stereocenters. The number of aromatic nitrogens is 3. The monoisotopic (exact) mass is 407 g/mol. The van der Waals surface area contributed by atoms with Crippen molar-refractivity contribution in [1.29, 1.82) is 0 Å². The summed E-state index contributed by atoms with van der Waals surface area (Å²) in [6, 6.07) is 8.38. The van der Waals surface area contributed by atoms with Crippen LogP contribution in [-0.4, -0.2) is 39.9 Å². The Morgan fingerprint density at radius 3 is 2.86 bits per heavy atom. The van der Waals surface area contributed by atoms with Crippen LogP contribution in [0.1, 0.15) is 28.8 Å². The summed E-state index contributed by atoms with van der Waals surface area (Å²) in [6.45, 7) is 5.14. The van der Waals surface area contributed by atoms with Gasteiger partial charge in [-0.2, -0.15) is 5.10 Å². The molecule has 0 spiro atoms. The van der Waals surface area contributed by atoms with E-state index >= 15 is 0 Å². The van der Waals surface area contributed by atoms with Crippen molar-refractivity contribution in [3.05, 3.63) is 46.6 Å². The maximum absolute atomic E-state index is 5.31. The van der Waals surface area contributed by atoms with Gasteiger partial charge in [0.15, 0.2) is 5.82 Å². The van der Waals surface area contributed by atoms with Crippen molar-refractivity contribution in [2.45, 2.75) is 39.0 Å². The van der Waals surface area contributed by atoms with Crippen molar-refractivity contribution in [3.8, 4) is 17.1 Å². The molecule has 3 aromatic rings. The molecule has 2 aromatic heterocycles. The van der Waals surface area contributed by atoms with Crippen LogP contribution in [0.25, 0.3) is 11.4 Å². The summed E-state index contributed by atoms with van der Waals surface area (Å²) in [7, 11) is 1.71. The quantitative estimate of drug-likeness (QED) is 0.644. The van der Waals surface area contributed by atoms with Gasteiger partial charge in [-0.15, -0.1) is 11.3 Å². The molecule has 1 fully saturated rings. The molecule has 4 heterocycles. The van der Waals surface area contributed by atoms with Gasteiger partial charge in [0.25, 0.3) is 0 Å². The summed E-state index contributed by atoms with van der Waals surface area (Å²) >= 11 is 1.97. The van der Waals surface area contributed by atoms with Gasteiger partial charge in [0.2, 0.25) is 0 Å². The lowest BCUT2D eigenvalue weighted by molar-refractivity contribution is 0.247. The highest BCUT2D eigenvalue weighted by Crippen LogP contribution is 2.47. The van der Waals surface area contributed by atoms with E-state index in [1.807, 2.05) is 23.5 Å². The van der Waals surface area contributed by atoms with Crippen molar-refractivity contribution in [2.75, 3.05) is 25.1 Å². The van der Waals surface area contributed by atoms with E-state index < -0.39 is 0 Å². The fourth-order valence-electron chi connectivity index (χ4n) is 4.58. The molecule has 0 radical (unpaired) electrons. The van der Waals surface area contributed by atoms with Crippen molar-refractivity contribution in [2.24, 2.45) is 5.92 Å². The number of fused-ring (bicyclic) bond motifs is 5. The fraction of sp³-hybridized carbons (Fsp3) is 0.455. The maximum atomic E-state index is 5.31. The number of nitrogens with zero attached hydrogens (tertiary/aromatic N) is 5. The minimum atomic E-state index is 0.750. The summed E-state index contributed by atoms with van der Waals surface area (Å²) in [4.78, 5) is 11.3. The Kier molecular flexibility index (Phi) is 4.13. The van der Waals surface area contributed by atoms with Gasteiger partial charge in [0, 0.05) is 31.1 Å². The molecular formula is C22H25N5OS. The maximum Gasteiger partial charge on any atom is 0.163 e. The number of thiophene rings is 1. The SMILES string of the molecule is COc1ccc(CN2Cn3ncnc3-c3c2sc2c3CCN(CC3CC3)C2)cc1. The molecule has 0 saturated heterocycles. The van der Waals surface area contributed by atoms with E-state index in [-0.39, 0.29) is 0 Å². The van der Waals surface area contributed by atoms with Crippen LogP contribution in [0.2, 0.25) is 0 Å². The van der Waals surface area contributed by atoms with Crippen molar-refractivity contribution in [1.82, 2.24) is 19.7 Å². The number of hydrogen-bond acceptors (Lipinski definition) is 6. The van der Waals surface area contributed by atoms with Gasteiger partial charge in [-0.3, -0.25) is 4.90 Å². The number of methoxy groups -OCH3 is 1. The number of rotatable bonds is 5. The van der Waals surface area contributed by atoms with Crippen LogP contribution < -0.4 is 9.64 Å². The second kappa shape index (κ2) is 6.85. The molecule has 150 valence electrons. The molecule has 2 aliphatic heterocycles. The van der Waals surface area contributed by atoms with Gasteiger partial charge in [-0.05, 0) is 48.4 Å². The lowest BCUT2D eigenvalue weighted by Gasteiger charge is -2.30. The van der Waals surface area contributed by atoms with E-state index in [0.29, 0.717) is 0 Å². The summed E-state index contributed by atoms with van der Waals surface area (Å²) in [5, 5.41) is 5.86. The molecule has 3 aliphatic rings. The van der Waals surface area contributed by atoms with E-state index in [1.165, 1.54) is 52.5 Å². The van der Waals surface area contributed by atoms with Gasteiger partial charge in [0.1, 0.15) is 23.7 Å². The van der Waals surface area contributed by atoms with Crippen molar-refractivity contribution >= 4 is 16.3 Å². The first-order valence-electron chi connectivity index (χ1n) is 10.4. The molecule has 0 amide bonds. The van der Waals surface area contributed by atoms with Crippen LogP contribution in [0.5, 0.6) is 5.75 Å². The number of anilines is 1. The molecule has 6 nitrogen and oxygen atoms in total. The molecule has 1 aliphatic carbocycles. The van der Waals surface area contributed by atoms with Crippen LogP contribution in [-0.2, 0) is 26.2 Å². The predicted octanol–water partition coefficient (Wildman–Crippen LogP) is 3.76. The van der Waals surface area contributed by atoms with Crippen LogP contribution >= 0.6 is 11.3 Å². The number of benzene rings is 1. The Labute approximate surface area is 174 Å². The van der Waals surface area contributed by atoms with Crippen LogP contribution in [0, 0.1) is 5.92 Å². The Morgan fingerprint density at radius 1 is 1.21 bits per heavy atom. The Bertz CT molecular complexity index is 1040. The summed E-state index contributed by atoms with van der Waals surface area (Å²) in [5.74, 6) is 2.88. The van der Waals surface area contributed by atoms with Gasteiger partial charge < -0.3 is 9.64 Å². The molecule has 0 bridgehead atoms. The molecule has 29 heavy (non-hydrogen) atoms. The second-order valence-corrected chi connectivity index (χ2v) is 9.47. The molecule has 1 aromatic carbocycles. The highest BCUT2D eigenvalue weighted by Gasteiger charge is 2.34. The molecule has 6 rings (SSSR count). The largest absolute Gasteiger partial charge is 0.497 e. The van der Waals surface area contributed by atoms with Crippen LogP contribution in [0.4, 0.5) is 5.00 Å². The Morgan fingerprint density at radius 2 is 2.07 bits per heavy atom. The average Bonchev–Trinajstić information content (AvgIpc) is 3.29. The van der Waals surface area contributed by atoms with Gasteiger partial charge in [-0.25, -0.2) is 9.67 Å². The third kappa shape index (κ3) is 3.13. The summed E-state index contributed by atoms with van der Waals surface area (Å²) in [6.07, 6.45) is 5.66. The molecule has 0 N–H and O–H groups in total. The third-order valence-electron chi connectivity index (χ3n) is 6.29. The Balaban J connectivity index is 1.34. The smallest absolute Gasteiger partial charge is 0.163 e. The third-order valence-corrected chi connectivity index (χ3v) is 7.57. The van der Waals surface area contributed by atoms with E-state index in [2.05, 4.69) is 36.7 Å². The Hall–Kier alpha value is -2.38. The highest BCUT2D eigenvalue weighted by atomic mass is 32.1. The lowest BCUT2D eigenvalue weighted by Crippen LogP contribution is -2.32. The first kappa shape index (κ1) is 17.5. The zero-order chi connectivity index (χ0) is 19.4. The van der Waals surface area contributed by atoms with E-state index in [4.69, 9.17) is 4.74 Å². The standard InChI is InChI=1S/C22H25N5OS/c1-28-17-6-4-16(5-7-17)11-26-14-27-21(23-13-24-27)20-18-8-9-25(10-15-2-3-15)12-19(18)29-22(20)26/h4-7,13,15H,2-3,8-12,14H2,1H3.